The lowest BCUT2D eigenvalue weighted by molar-refractivity contribution is -0.131. The van der Waals surface area contributed by atoms with E-state index in [2.05, 4.69) is 29.3 Å². The van der Waals surface area contributed by atoms with Gasteiger partial charge < -0.3 is 19.6 Å². The number of hydrogen-bond acceptors (Lipinski definition) is 4. The Morgan fingerprint density at radius 1 is 1.33 bits per heavy atom. The maximum absolute atomic E-state index is 12.2. The summed E-state index contributed by atoms with van der Waals surface area (Å²) in [7, 11) is 1.86. The van der Waals surface area contributed by atoms with Crippen LogP contribution in [-0.4, -0.2) is 60.0 Å². The minimum absolute atomic E-state index is 0.0925. The van der Waals surface area contributed by atoms with Crippen molar-refractivity contribution in [3.63, 3.8) is 0 Å². The van der Waals surface area contributed by atoms with Gasteiger partial charge in [-0.1, -0.05) is 19.0 Å². The SMILES string of the molecule is CCNC(=NCc1cc(C(C)C)no1)N(C)CC(=O)N(CC)CC. The largest absolute Gasteiger partial charge is 0.359 e. The predicted molar refractivity (Wildman–Crippen MR) is 96.0 cm³/mol. The van der Waals surface area contributed by atoms with Crippen molar-refractivity contribution in [1.29, 1.82) is 0 Å². The Kier molecular flexibility index (Phi) is 8.29. The molecule has 0 aromatic carbocycles. The zero-order valence-corrected chi connectivity index (χ0v) is 15.8. The normalized spacial score (nSPS) is 11.7. The topological polar surface area (TPSA) is 74.0 Å². The highest BCUT2D eigenvalue weighted by Crippen LogP contribution is 2.14. The highest BCUT2D eigenvalue weighted by molar-refractivity contribution is 5.86. The molecule has 1 aromatic heterocycles. The lowest BCUT2D eigenvalue weighted by atomic mass is 10.1. The van der Waals surface area contributed by atoms with Crippen molar-refractivity contribution in [3.05, 3.63) is 17.5 Å². The number of amides is 1. The number of likely N-dealkylation sites (N-methyl/N-ethyl adjacent to an activating group) is 2. The van der Waals surface area contributed by atoms with Gasteiger partial charge in [0.2, 0.25) is 5.91 Å². The zero-order chi connectivity index (χ0) is 18.1. The van der Waals surface area contributed by atoms with Crippen molar-refractivity contribution in [2.75, 3.05) is 33.2 Å². The minimum atomic E-state index is 0.0925. The average Bonchev–Trinajstić information content (AvgIpc) is 3.01. The highest BCUT2D eigenvalue weighted by Gasteiger charge is 2.15. The summed E-state index contributed by atoms with van der Waals surface area (Å²) in [5.41, 5.74) is 0.926. The molecular formula is C17H31N5O2. The number of nitrogens with one attached hydrogen (secondary N) is 1. The fourth-order valence-corrected chi connectivity index (χ4v) is 2.25. The molecule has 0 aliphatic carbocycles. The predicted octanol–water partition coefficient (Wildman–Crippen LogP) is 2.06. The summed E-state index contributed by atoms with van der Waals surface area (Å²) in [4.78, 5) is 20.4. The summed E-state index contributed by atoms with van der Waals surface area (Å²) in [6.07, 6.45) is 0. The second kappa shape index (κ2) is 9.95. The fraction of sp³-hybridized carbons (Fsp3) is 0.706. The van der Waals surface area contributed by atoms with Gasteiger partial charge in [0, 0.05) is 32.7 Å². The molecule has 0 aliphatic rings. The molecule has 1 rings (SSSR count). The Bertz CT molecular complexity index is 535. The van der Waals surface area contributed by atoms with E-state index in [-0.39, 0.29) is 5.91 Å². The number of rotatable bonds is 8. The number of nitrogens with zero attached hydrogens (tertiary/aromatic N) is 4. The second-order valence-corrected chi connectivity index (χ2v) is 5.97. The van der Waals surface area contributed by atoms with Crippen molar-refractivity contribution in [3.8, 4) is 0 Å². The quantitative estimate of drug-likeness (QED) is 0.580. The summed E-state index contributed by atoms with van der Waals surface area (Å²) in [6.45, 7) is 13.0. The number of guanidine groups is 1. The van der Waals surface area contributed by atoms with E-state index >= 15 is 0 Å². The van der Waals surface area contributed by atoms with Gasteiger partial charge in [-0.05, 0) is 26.7 Å². The van der Waals surface area contributed by atoms with Crippen LogP contribution in [0.4, 0.5) is 0 Å². The molecule has 0 fully saturated rings. The van der Waals surface area contributed by atoms with Crippen LogP contribution >= 0.6 is 0 Å². The van der Waals surface area contributed by atoms with Crippen LogP contribution in [0.1, 0.15) is 52.0 Å². The number of aliphatic imine (C=N–C) groups is 1. The van der Waals surface area contributed by atoms with E-state index in [0.717, 1.165) is 18.0 Å². The number of hydrogen-bond donors (Lipinski definition) is 1. The maximum Gasteiger partial charge on any atom is 0.242 e. The minimum Gasteiger partial charge on any atom is -0.359 e. The van der Waals surface area contributed by atoms with Gasteiger partial charge in [0.25, 0.3) is 0 Å². The van der Waals surface area contributed by atoms with E-state index in [1.807, 2.05) is 43.7 Å². The first-order valence-electron chi connectivity index (χ1n) is 8.65. The van der Waals surface area contributed by atoms with Crippen molar-refractivity contribution in [1.82, 2.24) is 20.3 Å². The number of aromatic nitrogens is 1. The molecule has 0 radical (unpaired) electrons. The monoisotopic (exact) mass is 337 g/mol. The Morgan fingerprint density at radius 2 is 2.00 bits per heavy atom. The third-order valence-electron chi connectivity index (χ3n) is 3.74. The summed E-state index contributed by atoms with van der Waals surface area (Å²) >= 11 is 0. The van der Waals surface area contributed by atoms with Crippen LogP contribution in [0.3, 0.4) is 0 Å². The highest BCUT2D eigenvalue weighted by atomic mass is 16.5. The molecule has 7 nitrogen and oxygen atoms in total. The summed E-state index contributed by atoms with van der Waals surface area (Å²) in [6, 6.07) is 1.93. The summed E-state index contributed by atoms with van der Waals surface area (Å²) in [5, 5.41) is 7.24. The third kappa shape index (κ3) is 5.86. The molecule has 24 heavy (non-hydrogen) atoms. The molecule has 0 unspecified atom stereocenters. The molecule has 1 amide bonds. The van der Waals surface area contributed by atoms with Gasteiger partial charge >= 0.3 is 0 Å². The van der Waals surface area contributed by atoms with Crippen LogP contribution in [0.2, 0.25) is 0 Å². The van der Waals surface area contributed by atoms with Gasteiger partial charge in [0.05, 0.1) is 12.2 Å². The van der Waals surface area contributed by atoms with E-state index in [0.29, 0.717) is 38.1 Å². The Balaban J connectivity index is 2.74. The van der Waals surface area contributed by atoms with E-state index < -0.39 is 0 Å². The van der Waals surface area contributed by atoms with Gasteiger partial charge in [0.15, 0.2) is 11.7 Å². The molecule has 0 atom stereocenters. The first-order valence-corrected chi connectivity index (χ1v) is 8.65. The number of carbonyl (C=O) groups is 1. The van der Waals surface area contributed by atoms with Crippen LogP contribution in [0.25, 0.3) is 0 Å². The molecule has 0 aliphatic heterocycles. The molecule has 0 spiro atoms. The summed E-state index contributed by atoms with van der Waals surface area (Å²) in [5.74, 6) is 1.82. The van der Waals surface area contributed by atoms with E-state index in [1.54, 1.807) is 0 Å². The van der Waals surface area contributed by atoms with Gasteiger partial charge in [-0.15, -0.1) is 0 Å². The zero-order valence-electron chi connectivity index (χ0n) is 15.8. The van der Waals surface area contributed by atoms with Gasteiger partial charge in [-0.2, -0.15) is 0 Å². The average molecular weight is 337 g/mol. The smallest absolute Gasteiger partial charge is 0.242 e. The molecule has 136 valence electrons. The fourth-order valence-electron chi connectivity index (χ4n) is 2.25. The van der Waals surface area contributed by atoms with Crippen molar-refractivity contribution < 1.29 is 9.32 Å². The Morgan fingerprint density at radius 3 is 2.50 bits per heavy atom. The van der Waals surface area contributed by atoms with Gasteiger partial charge in [-0.25, -0.2) is 4.99 Å². The van der Waals surface area contributed by atoms with E-state index in [9.17, 15) is 4.79 Å². The van der Waals surface area contributed by atoms with Crippen molar-refractivity contribution >= 4 is 11.9 Å². The van der Waals surface area contributed by atoms with Gasteiger partial charge in [-0.3, -0.25) is 4.79 Å². The molecular weight excluding hydrogens is 306 g/mol. The van der Waals surface area contributed by atoms with Crippen LogP contribution in [-0.2, 0) is 11.3 Å². The van der Waals surface area contributed by atoms with E-state index in [4.69, 9.17) is 4.52 Å². The molecule has 0 saturated carbocycles. The maximum atomic E-state index is 12.2. The van der Waals surface area contributed by atoms with E-state index in [1.165, 1.54) is 0 Å². The third-order valence-corrected chi connectivity index (χ3v) is 3.74. The van der Waals surface area contributed by atoms with Crippen LogP contribution in [0.15, 0.2) is 15.6 Å². The van der Waals surface area contributed by atoms with Crippen LogP contribution in [0, 0.1) is 0 Å². The Hall–Kier alpha value is -2.05. The molecule has 7 heteroatoms. The van der Waals surface area contributed by atoms with Gasteiger partial charge in [0.1, 0.15) is 6.54 Å². The molecule has 1 aromatic rings. The molecule has 0 bridgehead atoms. The van der Waals surface area contributed by atoms with Crippen molar-refractivity contribution in [2.24, 2.45) is 4.99 Å². The number of carbonyl (C=O) groups excluding carboxylic acids is 1. The standard InChI is InChI=1S/C17H31N5O2/c1-7-18-17(21(6)12-16(23)22(8-2)9-3)19-11-14-10-15(13(4)5)20-24-14/h10,13H,7-9,11-12H2,1-6H3,(H,18,19). The van der Waals surface area contributed by atoms with Crippen LogP contribution in [0.5, 0.6) is 0 Å². The Labute approximate surface area is 145 Å². The summed E-state index contributed by atoms with van der Waals surface area (Å²) < 4.78 is 5.31. The lowest BCUT2D eigenvalue weighted by Gasteiger charge is -2.25. The van der Waals surface area contributed by atoms with Crippen LogP contribution < -0.4 is 5.32 Å². The lowest BCUT2D eigenvalue weighted by Crippen LogP contribution is -2.45. The molecule has 1 N–H and O–H groups in total. The molecule has 1 heterocycles. The first-order chi connectivity index (χ1) is 11.4. The second-order valence-electron chi connectivity index (χ2n) is 5.97. The first kappa shape index (κ1) is 20.0. The van der Waals surface area contributed by atoms with Crippen molar-refractivity contribution in [2.45, 2.75) is 47.1 Å². The molecule has 0 saturated heterocycles.